The molecule has 0 radical (unpaired) electrons. The molecule has 0 aromatic heterocycles. The monoisotopic (exact) mass is 328 g/mol. The zero-order valence-corrected chi connectivity index (χ0v) is 15.1. The second-order valence-corrected chi connectivity index (χ2v) is 8.93. The number of carbonyl (C=O) groups is 1. The Labute approximate surface area is 139 Å². The average Bonchev–Trinajstić information content (AvgIpc) is 2.55. The van der Waals surface area contributed by atoms with Crippen LogP contribution < -0.4 is 5.30 Å². The number of hydrogen-bond donors (Lipinski definition) is 0. The summed E-state index contributed by atoms with van der Waals surface area (Å²) in [6, 6.07) is 15.1. The van der Waals surface area contributed by atoms with Crippen molar-refractivity contribution in [1.29, 1.82) is 0 Å². The molecule has 0 amide bonds. The minimum absolute atomic E-state index is 0.185. The molecule has 2 aromatic carbocycles. The highest BCUT2D eigenvalue weighted by atomic mass is 31.2. The van der Waals surface area contributed by atoms with Gasteiger partial charge in [-0.25, -0.2) is 0 Å². The smallest absolute Gasteiger partial charge is 0.226 e. The maximum absolute atomic E-state index is 13.7. The predicted octanol–water partition coefficient (Wildman–Crippen LogP) is 5.32. The number of hydrogen-bond acceptors (Lipinski definition) is 2. The topological polar surface area (TPSA) is 34.1 Å². The van der Waals surface area contributed by atoms with E-state index in [0.29, 0.717) is 17.0 Å². The Balaban J connectivity index is 2.49. The molecule has 1 atom stereocenters. The van der Waals surface area contributed by atoms with Gasteiger partial charge in [0.1, 0.15) is 0 Å². The van der Waals surface area contributed by atoms with Gasteiger partial charge in [0, 0.05) is 17.0 Å². The average molecular weight is 328 g/mol. The van der Waals surface area contributed by atoms with Crippen LogP contribution in [-0.4, -0.2) is 11.7 Å². The minimum atomic E-state index is -3.11. The number of benzene rings is 2. The van der Waals surface area contributed by atoms with E-state index >= 15 is 0 Å². The van der Waals surface area contributed by atoms with Crippen LogP contribution in [0.3, 0.4) is 0 Å². The van der Waals surface area contributed by atoms with Crippen molar-refractivity contribution in [1.82, 2.24) is 0 Å². The van der Waals surface area contributed by atoms with Gasteiger partial charge in [-0.15, -0.1) is 0 Å². The van der Waals surface area contributed by atoms with Crippen molar-refractivity contribution in [2.24, 2.45) is 0 Å². The summed E-state index contributed by atoms with van der Waals surface area (Å²) in [5, 5.41) is 0.684. The molecule has 1 unspecified atom stereocenters. The summed E-state index contributed by atoms with van der Waals surface area (Å²) in [6.45, 7) is 5.95. The van der Waals surface area contributed by atoms with E-state index in [1.165, 1.54) is 0 Å². The normalized spacial score (nSPS) is 13.5. The first-order valence-electron chi connectivity index (χ1n) is 8.26. The predicted molar refractivity (Wildman–Crippen MR) is 98.3 cm³/mol. The Kier molecular flexibility index (Phi) is 5.96. The second-order valence-electron chi connectivity index (χ2n) is 6.08. The van der Waals surface area contributed by atoms with Gasteiger partial charge in [0.15, 0.2) is 7.14 Å². The molecule has 0 bridgehead atoms. The number of unbranched alkanes of at least 4 members (excludes halogenated alkanes) is 2. The van der Waals surface area contributed by atoms with Crippen molar-refractivity contribution in [3.05, 3.63) is 65.2 Å². The molecule has 0 aliphatic rings. The third-order valence-electron chi connectivity index (χ3n) is 4.27. The quantitative estimate of drug-likeness (QED) is 0.509. The van der Waals surface area contributed by atoms with Gasteiger partial charge in [-0.3, -0.25) is 4.79 Å². The molecule has 122 valence electrons. The standard InChI is InChI=1S/C20H25O2P/c1-4-5-9-15-23(22,18-13-7-6-8-14-18)20(21)19-16(2)11-10-12-17(19)3/h6-8,10-14H,4-5,9,15H2,1-3H3. The van der Waals surface area contributed by atoms with Crippen LogP contribution in [0, 0.1) is 13.8 Å². The van der Waals surface area contributed by atoms with E-state index < -0.39 is 7.14 Å². The van der Waals surface area contributed by atoms with Gasteiger partial charge in [-0.2, -0.15) is 0 Å². The second kappa shape index (κ2) is 7.75. The van der Waals surface area contributed by atoms with Crippen LogP contribution in [0.25, 0.3) is 0 Å². The third kappa shape index (κ3) is 3.82. The highest BCUT2D eigenvalue weighted by Crippen LogP contribution is 2.49. The SMILES string of the molecule is CCCCCP(=O)(C(=O)c1c(C)cccc1C)c1ccccc1. The Hall–Kier alpha value is -1.66. The first-order valence-corrected chi connectivity index (χ1v) is 10.2. The van der Waals surface area contributed by atoms with Crippen LogP contribution in [0.4, 0.5) is 0 Å². The van der Waals surface area contributed by atoms with Crippen molar-refractivity contribution in [2.45, 2.75) is 40.0 Å². The molecule has 3 heteroatoms. The minimum Gasteiger partial charge on any atom is -0.310 e. The fourth-order valence-corrected chi connectivity index (χ4v) is 5.67. The number of rotatable bonds is 7. The molecule has 0 aliphatic carbocycles. The summed E-state index contributed by atoms with van der Waals surface area (Å²) in [6.07, 6.45) is 3.32. The van der Waals surface area contributed by atoms with Crippen molar-refractivity contribution < 1.29 is 9.36 Å². The third-order valence-corrected chi connectivity index (χ3v) is 7.23. The largest absolute Gasteiger partial charge is 0.310 e. The van der Waals surface area contributed by atoms with E-state index in [1.54, 1.807) is 0 Å². The first kappa shape index (κ1) is 17.7. The molecule has 0 N–H and O–H groups in total. The van der Waals surface area contributed by atoms with E-state index in [0.717, 1.165) is 30.4 Å². The summed E-state index contributed by atoms with van der Waals surface area (Å²) in [4.78, 5) is 13.2. The van der Waals surface area contributed by atoms with Crippen LogP contribution in [-0.2, 0) is 4.57 Å². The van der Waals surface area contributed by atoms with Crippen LogP contribution >= 0.6 is 7.14 Å². The van der Waals surface area contributed by atoms with E-state index in [1.807, 2.05) is 62.4 Å². The van der Waals surface area contributed by atoms with E-state index in [9.17, 15) is 9.36 Å². The van der Waals surface area contributed by atoms with Crippen molar-refractivity contribution >= 4 is 18.0 Å². The molecule has 23 heavy (non-hydrogen) atoms. The fraction of sp³-hybridized carbons (Fsp3) is 0.350. The lowest BCUT2D eigenvalue weighted by molar-refractivity contribution is 0.107. The van der Waals surface area contributed by atoms with Gasteiger partial charge in [-0.1, -0.05) is 68.3 Å². The molecule has 0 saturated carbocycles. The Morgan fingerprint density at radius 1 is 0.913 bits per heavy atom. The molecule has 0 heterocycles. The van der Waals surface area contributed by atoms with Gasteiger partial charge < -0.3 is 4.57 Å². The van der Waals surface area contributed by atoms with E-state index in [4.69, 9.17) is 0 Å². The molecule has 0 saturated heterocycles. The van der Waals surface area contributed by atoms with Crippen molar-refractivity contribution in [2.75, 3.05) is 6.16 Å². The van der Waals surface area contributed by atoms with E-state index in [2.05, 4.69) is 6.92 Å². The maximum atomic E-state index is 13.7. The molecule has 0 fully saturated rings. The van der Waals surface area contributed by atoms with Gasteiger partial charge in [-0.05, 0) is 31.4 Å². The Morgan fingerprint density at radius 2 is 1.52 bits per heavy atom. The van der Waals surface area contributed by atoms with Gasteiger partial charge in [0.2, 0.25) is 5.52 Å². The van der Waals surface area contributed by atoms with Gasteiger partial charge in [0.05, 0.1) is 0 Å². The summed E-state index contributed by atoms with van der Waals surface area (Å²) in [5.74, 6) is 0. The highest BCUT2D eigenvalue weighted by molar-refractivity contribution is 7.87. The lowest BCUT2D eigenvalue weighted by Gasteiger charge is -2.20. The summed E-state index contributed by atoms with van der Waals surface area (Å²) in [7, 11) is -3.11. The molecule has 2 nitrogen and oxygen atoms in total. The lowest BCUT2D eigenvalue weighted by atomic mass is 10.0. The molecule has 2 aromatic rings. The maximum Gasteiger partial charge on any atom is 0.226 e. The van der Waals surface area contributed by atoms with Gasteiger partial charge >= 0.3 is 0 Å². The zero-order valence-electron chi connectivity index (χ0n) is 14.2. The van der Waals surface area contributed by atoms with Crippen molar-refractivity contribution in [3.63, 3.8) is 0 Å². The van der Waals surface area contributed by atoms with Crippen LogP contribution in [0.1, 0.15) is 47.7 Å². The summed E-state index contributed by atoms with van der Waals surface area (Å²) < 4.78 is 13.7. The Morgan fingerprint density at radius 3 is 2.09 bits per heavy atom. The van der Waals surface area contributed by atoms with Gasteiger partial charge in [0.25, 0.3) is 0 Å². The molecular weight excluding hydrogens is 303 g/mol. The number of carbonyl (C=O) groups excluding carboxylic acids is 1. The molecule has 0 spiro atoms. The Bertz CT molecular complexity index is 699. The lowest BCUT2D eigenvalue weighted by Crippen LogP contribution is -2.17. The summed E-state index contributed by atoms with van der Waals surface area (Å²) in [5.41, 5.74) is 2.26. The summed E-state index contributed by atoms with van der Waals surface area (Å²) >= 11 is 0. The molecular formula is C20H25O2P. The fourth-order valence-electron chi connectivity index (χ4n) is 2.93. The molecule has 0 aliphatic heterocycles. The van der Waals surface area contributed by atoms with Crippen molar-refractivity contribution in [3.8, 4) is 0 Å². The van der Waals surface area contributed by atoms with E-state index in [-0.39, 0.29) is 5.52 Å². The van der Waals surface area contributed by atoms with Crippen LogP contribution in [0.15, 0.2) is 48.5 Å². The molecule has 2 rings (SSSR count). The zero-order chi connectivity index (χ0) is 16.9. The highest BCUT2D eigenvalue weighted by Gasteiger charge is 2.35. The number of aryl methyl sites for hydroxylation is 2. The van der Waals surface area contributed by atoms with Crippen LogP contribution in [0.5, 0.6) is 0 Å². The van der Waals surface area contributed by atoms with Crippen LogP contribution in [0.2, 0.25) is 0 Å². The first-order chi connectivity index (χ1) is 11.0.